The Bertz CT molecular complexity index is 341. The quantitative estimate of drug-likeness (QED) is 0.699. The van der Waals surface area contributed by atoms with Crippen LogP contribution in [0.1, 0.15) is 6.42 Å². The minimum absolute atomic E-state index is 0.313. The van der Waals surface area contributed by atoms with E-state index in [1.165, 1.54) is 18.2 Å². The van der Waals surface area contributed by atoms with Crippen LogP contribution in [0.5, 0.6) is 0 Å². The third-order valence-electron chi connectivity index (χ3n) is 2.46. The number of nitrogens with two attached hydrogens (primary N) is 1. The Balaban J connectivity index is 2.27. The highest BCUT2D eigenvalue weighted by Crippen LogP contribution is 2.28. The van der Waals surface area contributed by atoms with Crippen molar-refractivity contribution in [2.45, 2.75) is 12.6 Å². The molecule has 0 bridgehead atoms. The van der Waals surface area contributed by atoms with Crippen LogP contribution >= 0.6 is 0 Å². The van der Waals surface area contributed by atoms with Crippen molar-refractivity contribution in [2.75, 3.05) is 23.7 Å². The summed E-state index contributed by atoms with van der Waals surface area (Å²) < 4.78 is 25.8. The Kier molecular flexibility index (Phi) is 2.27. The highest BCUT2D eigenvalue weighted by atomic mass is 19.1. The standard InChI is InChI=1S/C10H12F2N2/c11-7-1-2-9(13)10(5-7)14-4-3-8(12)6-14/h1-2,5,8H,3-4,6,13H2/t8-/m1/s1. The summed E-state index contributed by atoms with van der Waals surface area (Å²) in [4.78, 5) is 1.78. The molecule has 0 aliphatic carbocycles. The van der Waals surface area contributed by atoms with Crippen molar-refractivity contribution in [1.82, 2.24) is 0 Å². The molecular weight excluding hydrogens is 186 g/mol. The highest BCUT2D eigenvalue weighted by Gasteiger charge is 2.23. The van der Waals surface area contributed by atoms with Crippen molar-refractivity contribution in [3.05, 3.63) is 24.0 Å². The Labute approximate surface area is 81.3 Å². The number of benzene rings is 1. The van der Waals surface area contributed by atoms with Gasteiger partial charge in [-0.2, -0.15) is 0 Å². The smallest absolute Gasteiger partial charge is 0.125 e. The first-order valence-electron chi connectivity index (χ1n) is 4.61. The minimum Gasteiger partial charge on any atom is -0.397 e. The van der Waals surface area contributed by atoms with Crippen LogP contribution in [0.2, 0.25) is 0 Å². The van der Waals surface area contributed by atoms with E-state index in [1.807, 2.05) is 0 Å². The number of hydrogen-bond donors (Lipinski definition) is 1. The van der Waals surface area contributed by atoms with Gasteiger partial charge in [-0.3, -0.25) is 0 Å². The van der Waals surface area contributed by atoms with E-state index in [0.29, 0.717) is 30.9 Å². The fraction of sp³-hybridized carbons (Fsp3) is 0.400. The van der Waals surface area contributed by atoms with Gasteiger partial charge in [0.25, 0.3) is 0 Å². The van der Waals surface area contributed by atoms with E-state index in [9.17, 15) is 8.78 Å². The van der Waals surface area contributed by atoms with Crippen molar-refractivity contribution >= 4 is 11.4 Å². The lowest BCUT2D eigenvalue weighted by molar-refractivity contribution is 0.364. The maximum atomic E-state index is 12.9. The molecule has 14 heavy (non-hydrogen) atoms. The number of rotatable bonds is 1. The third kappa shape index (κ3) is 1.64. The van der Waals surface area contributed by atoms with Crippen molar-refractivity contribution < 1.29 is 8.78 Å². The lowest BCUT2D eigenvalue weighted by Gasteiger charge is -2.19. The Hall–Kier alpha value is -1.32. The molecule has 2 N–H and O–H groups in total. The molecule has 0 unspecified atom stereocenters. The second kappa shape index (κ2) is 3.44. The van der Waals surface area contributed by atoms with E-state index in [2.05, 4.69) is 0 Å². The number of nitrogens with zero attached hydrogens (tertiary/aromatic N) is 1. The van der Waals surface area contributed by atoms with Gasteiger partial charge in [0.15, 0.2) is 0 Å². The largest absolute Gasteiger partial charge is 0.397 e. The summed E-state index contributed by atoms with van der Waals surface area (Å²) in [7, 11) is 0. The molecule has 1 aliphatic rings. The first-order chi connectivity index (χ1) is 6.66. The maximum Gasteiger partial charge on any atom is 0.125 e. The number of anilines is 2. The molecule has 1 aromatic rings. The topological polar surface area (TPSA) is 29.3 Å². The van der Waals surface area contributed by atoms with Gasteiger partial charge in [0.2, 0.25) is 0 Å². The predicted octanol–water partition coefficient (Wildman–Crippen LogP) is 1.96. The fourth-order valence-electron chi connectivity index (χ4n) is 1.73. The number of hydrogen-bond acceptors (Lipinski definition) is 2. The maximum absolute atomic E-state index is 12.9. The SMILES string of the molecule is Nc1ccc(F)cc1N1CC[C@@H](F)C1. The average molecular weight is 198 g/mol. The van der Waals surface area contributed by atoms with Crippen molar-refractivity contribution in [3.63, 3.8) is 0 Å². The number of alkyl halides is 1. The zero-order chi connectivity index (χ0) is 10.1. The van der Waals surface area contributed by atoms with E-state index in [1.54, 1.807) is 4.90 Å². The molecule has 0 saturated carbocycles. The molecule has 0 aromatic heterocycles. The van der Waals surface area contributed by atoms with E-state index >= 15 is 0 Å². The van der Waals surface area contributed by atoms with Crippen LogP contribution in [0, 0.1) is 5.82 Å². The molecule has 2 nitrogen and oxygen atoms in total. The molecule has 2 rings (SSSR count). The lowest BCUT2D eigenvalue weighted by atomic mass is 10.2. The molecule has 4 heteroatoms. The second-order valence-electron chi connectivity index (χ2n) is 3.54. The van der Waals surface area contributed by atoms with E-state index < -0.39 is 6.17 Å². The molecule has 1 aromatic carbocycles. The van der Waals surface area contributed by atoms with E-state index in [0.717, 1.165) is 0 Å². The van der Waals surface area contributed by atoms with Crippen molar-refractivity contribution in [2.24, 2.45) is 0 Å². The Morgan fingerprint density at radius 3 is 2.86 bits per heavy atom. The van der Waals surface area contributed by atoms with Crippen LogP contribution in [0.3, 0.4) is 0 Å². The zero-order valence-corrected chi connectivity index (χ0v) is 7.71. The summed E-state index contributed by atoms with van der Waals surface area (Å²) in [6, 6.07) is 4.17. The third-order valence-corrected chi connectivity index (χ3v) is 2.46. The highest BCUT2D eigenvalue weighted by molar-refractivity contribution is 5.67. The first kappa shape index (κ1) is 9.24. The monoisotopic (exact) mass is 198 g/mol. The molecule has 1 aliphatic heterocycles. The molecule has 1 fully saturated rings. The molecular formula is C10H12F2N2. The van der Waals surface area contributed by atoms with Gasteiger partial charge in [-0.05, 0) is 24.6 Å². The molecule has 0 radical (unpaired) electrons. The Morgan fingerprint density at radius 2 is 2.21 bits per heavy atom. The summed E-state index contributed by atoms with van der Waals surface area (Å²) in [5.41, 5.74) is 6.79. The Morgan fingerprint density at radius 1 is 1.43 bits per heavy atom. The van der Waals surface area contributed by atoms with Crippen LogP contribution in [0.25, 0.3) is 0 Å². The number of halogens is 2. The predicted molar refractivity (Wildman–Crippen MR) is 52.5 cm³/mol. The molecule has 1 atom stereocenters. The van der Waals surface area contributed by atoms with Gasteiger partial charge >= 0.3 is 0 Å². The van der Waals surface area contributed by atoms with Gasteiger partial charge in [0.05, 0.1) is 11.4 Å². The lowest BCUT2D eigenvalue weighted by Crippen LogP contribution is -2.21. The molecule has 1 saturated heterocycles. The van der Waals surface area contributed by atoms with Crippen LogP contribution < -0.4 is 10.6 Å². The van der Waals surface area contributed by atoms with Gasteiger partial charge in [0.1, 0.15) is 12.0 Å². The fourth-order valence-corrected chi connectivity index (χ4v) is 1.73. The summed E-state index contributed by atoms with van der Waals surface area (Å²) in [6.45, 7) is 0.919. The van der Waals surface area contributed by atoms with Crippen molar-refractivity contribution in [3.8, 4) is 0 Å². The summed E-state index contributed by atoms with van der Waals surface area (Å²) in [6.07, 6.45) is -0.326. The second-order valence-corrected chi connectivity index (χ2v) is 3.54. The van der Waals surface area contributed by atoms with E-state index in [4.69, 9.17) is 5.73 Å². The van der Waals surface area contributed by atoms with Gasteiger partial charge < -0.3 is 10.6 Å². The van der Waals surface area contributed by atoms with Crippen LogP contribution in [-0.4, -0.2) is 19.3 Å². The summed E-state index contributed by atoms with van der Waals surface area (Å²) in [5.74, 6) is -0.337. The minimum atomic E-state index is -0.822. The van der Waals surface area contributed by atoms with Crippen molar-refractivity contribution in [1.29, 1.82) is 0 Å². The normalized spacial score (nSPS) is 21.6. The zero-order valence-electron chi connectivity index (χ0n) is 7.71. The van der Waals surface area contributed by atoms with E-state index in [-0.39, 0.29) is 5.82 Å². The molecule has 76 valence electrons. The van der Waals surface area contributed by atoms with Crippen LogP contribution in [-0.2, 0) is 0 Å². The van der Waals surface area contributed by atoms with Gasteiger partial charge in [0, 0.05) is 13.1 Å². The number of nitrogen functional groups attached to an aromatic ring is 1. The first-order valence-corrected chi connectivity index (χ1v) is 4.61. The molecule has 0 amide bonds. The van der Waals surface area contributed by atoms with Crippen LogP contribution in [0.4, 0.5) is 20.2 Å². The van der Waals surface area contributed by atoms with Gasteiger partial charge in [-0.15, -0.1) is 0 Å². The summed E-state index contributed by atoms with van der Waals surface area (Å²) >= 11 is 0. The van der Waals surface area contributed by atoms with Gasteiger partial charge in [-0.1, -0.05) is 0 Å². The van der Waals surface area contributed by atoms with Crippen LogP contribution in [0.15, 0.2) is 18.2 Å². The van der Waals surface area contributed by atoms with Gasteiger partial charge in [-0.25, -0.2) is 8.78 Å². The molecule has 0 spiro atoms. The summed E-state index contributed by atoms with van der Waals surface area (Å²) in [5, 5.41) is 0. The average Bonchev–Trinajstić information content (AvgIpc) is 2.56. The molecule has 1 heterocycles.